The van der Waals surface area contributed by atoms with Gasteiger partial charge in [-0.25, -0.2) is 9.78 Å². The Labute approximate surface area is 167 Å². The highest BCUT2D eigenvalue weighted by Gasteiger charge is 2.56. The van der Waals surface area contributed by atoms with Crippen LogP contribution in [0.1, 0.15) is 33.1 Å². The van der Waals surface area contributed by atoms with Crippen molar-refractivity contribution in [1.82, 2.24) is 24.7 Å². The van der Waals surface area contributed by atoms with Gasteiger partial charge in [-0.05, 0) is 38.3 Å². The maximum absolute atomic E-state index is 13.1. The van der Waals surface area contributed by atoms with Gasteiger partial charge in [-0.3, -0.25) is 9.69 Å². The number of carbonyl (C=O) groups excluding carboxylic acids is 2. The number of carbonyl (C=O) groups is 2. The first-order chi connectivity index (χ1) is 11.5. The van der Waals surface area contributed by atoms with Crippen LogP contribution >= 0.6 is 24.8 Å². The fourth-order valence-electron chi connectivity index (χ4n) is 3.75. The van der Waals surface area contributed by atoms with E-state index in [0.717, 1.165) is 26.1 Å². The van der Waals surface area contributed by atoms with Crippen molar-refractivity contribution in [2.75, 3.05) is 26.2 Å². The molecule has 2 aliphatic rings. The van der Waals surface area contributed by atoms with Gasteiger partial charge in [-0.2, -0.15) is 0 Å². The molecule has 2 fully saturated rings. The van der Waals surface area contributed by atoms with Crippen molar-refractivity contribution in [3.05, 3.63) is 18.7 Å². The van der Waals surface area contributed by atoms with Gasteiger partial charge in [0.1, 0.15) is 5.54 Å². The van der Waals surface area contributed by atoms with Crippen molar-refractivity contribution in [1.29, 1.82) is 0 Å². The van der Waals surface area contributed by atoms with E-state index in [0.29, 0.717) is 31.8 Å². The second-order valence-corrected chi connectivity index (χ2v) is 7.18. The van der Waals surface area contributed by atoms with Gasteiger partial charge < -0.3 is 14.8 Å². The molecule has 1 aromatic heterocycles. The summed E-state index contributed by atoms with van der Waals surface area (Å²) in [4.78, 5) is 33.3. The summed E-state index contributed by atoms with van der Waals surface area (Å²) in [6, 6.07) is -0.110. The molecular formula is C17H29Cl2N5O2. The highest BCUT2D eigenvalue weighted by molar-refractivity contribution is 6.07. The smallest absolute Gasteiger partial charge is 0.327 e. The Morgan fingerprint density at radius 3 is 2.46 bits per heavy atom. The Balaban J connectivity index is 0.00000169. The Bertz CT molecular complexity index is 588. The lowest BCUT2D eigenvalue weighted by Crippen LogP contribution is -2.56. The Morgan fingerprint density at radius 1 is 1.19 bits per heavy atom. The highest BCUT2D eigenvalue weighted by Crippen LogP contribution is 2.36. The van der Waals surface area contributed by atoms with Crippen LogP contribution in [0.2, 0.25) is 0 Å². The molecule has 148 valence electrons. The molecule has 0 atom stereocenters. The van der Waals surface area contributed by atoms with Crippen molar-refractivity contribution in [3.63, 3.8) is 0 Å². The molecule has 0 aromatic carbocycles. The number of aromatic nitrogens is 2. The molecule has 2 saturated heterocycles. The average molecular weight is 406 g/mol. The van der Waals surface area contributed by atoms with E-state index in [-0.39, 0.29) is 36.8 Å². The number of nitrogens with zero attached hydrogens (tertiary/aromatic N) is 4. The van der Waals surface area contributed by atoms with Gasteiger partial charge in [0.15, 0.2) is 0 Å². The van der Waals surface area contributed by atoms with Crippen molar-refractivity contribution < 1.29 is 9.59 Å². The van der Waals surface area contributed by atoms with E-state index in [1.807, 2.05) is 15.7 Å². The van der Waals surface area contributed by atoms with Gasteiger partial charge in [0.25, 0.3) is 5.91 Å². The van der Waals surface area contributed by atoms with Crippen molar-refractivity contribution in [3.8, 4) is 0 Å². The number of imidazole rings is 1. The monoisotopic (exact) mass is 405 g/mol. The highest BCUT2D eigenvalue weighted by atomic mass is 35.5. The molecule has 2 aliphatic heterocycles. The predicted octanol–water partition coefficient (Wildman–Crippen LogP) is 2.16. The number of halogens is 2. The van der Waals surface area contributed by atoms with Crippen LogP contribution in [-0.2, 0) is 11.3 Å². The molecular weight excluding hydrogens is 377 g/mol. The van der Waals surface area contributed by atoms with Crippen LogP contribution in [0.4, 0.5) is 4.79 Å². The Morgan fingerprint density at radius 2 is 1.88 bits per heavy atom. The maximum atomic E-state index is 13.1. The van der Waals surface area contributed by atoms with Crippen molar-refractivity contribution in [2.24, 2.45) is 5.92 Å². The third-order valence-electron chi connectivity index (χ3n) is 4.96. The summed E-state index contributed by atoms with van der Waals surface area (Å²) in [7, 11) is 0. The molecule has 9 heteroatoms. The minimum Gasteiger partial charge on any atom is -0.337 e. The van der Waals surface area contributed by atoms with Crippen LogP contribution < -0.4 is 5.32 Å². The largest absolute Gasteiger partial charge is 0.337 e. The molecule has 0 saturated carbocycles. The number of aryl methyl sites for hydroxylation is 1. The minimum absolute atomic E-state index is 0. The van der Waals surface area contributed by atoms with Gasteiger partial charge in [-0.15, -0.1) is 24.8 Å². The van der Waals surface area contributed by atoms with E-state index < -0.39 is 5.54 Å². The minimum atomic E-state index is -0.623. The van der Waals surface area contributed by atoms with Crippen LogP contribution in [0, 0.1) is 5.92 Å². The normalized spacial score (nSPS) is 19.0. The summed E-state index contributed by atoms with van der Waals surface area (Å²) < 4.78 is 1.97. The molecule has 0 unspecified atom stereocenters. The Hall–Kier alpha value is -1.31. The van der Waals surface area contributed by atoms with Crippen LogP contribution in [0.25, 0.3) is 0 Å². The standard InChI is InChI=1S/C17H27N5O2.2ClH/c1-14(2)12-22-16(24)21(10-3-9-20-11-8-19-13-20)15(23)17(22)4-6-18-7-5-17;;/h8,11,13-14,18H,3-7,9-10,12H2,1-2H3;2*1H. The SMILES string of the molecule is CC(C)CN1C(=O)N(CCCn2ccnc2)C(=O)C12CCNCC2.Cl.Cl. The fourth-order valence-corrected chi connectivity index (χ4v) is 3.75. The summed E-state index contributed by atoms with van der Waals surface area (Å²) in [5.74, 6) is 0.347. The topological polar surface area (TPSA) is 70.5 Å². The van der Waals surface area contributed by atoms with Crippen LogP contribution in [0.15, 0.2) is 18.7 Å². The lowest BCUT2D eigenvalue weighted by molar-refractivity contribution is -0.134. The molecule has 0 bridgehead atoms. The van der Waals surface area contributed by atoms with Gasteiger partial charge in [0.05, 0.1) is 6.33 Å². The van der Waals surface area contributed by atoms with E-state index in [4.69, 9.17) is 0 Å². The molecule has 1 N–H and O–H groups in total. The number of hydrogen-bond acceptors (Lipinski definition) is 4. The first-order valence-corrected chi connectivity index (χ1v) is 8.84. The lowest BCUT2D eigenvalue weighted by Gasteiger charge is -2.39. The van der Waals surface area contributed by atoms with Crippen LogP contribution in [-0.4, -0.2) is 63.0 Å². The average Bonchev–Trinajstić information content (AvgIpc) is 3.14. The molecule has 0 aliphatic carbocycles. The summed E-state index contributed by atoms with van der Waals surface area (Å²) in [5, 5.41) is 3.30. The zero-order valence-corrected chi connectivity index (χ0v) is 17.0. The zero-order chi connectivity index (χ0) is 17.2. The van der Waals surface area contributed by atoms with E-state index >= 15 is 0 Å². The summed E-state index contributed by atoms with van der Waals surface area (Å²) >= 11 is 0. The van der Waals surface area contributed by atoms with Gasteiger partial charge in [-0.1, -0.05) is 13.8 Å². The third kappa shape index (κ3) is 4.32. The molecule has 26 heavy (non-hydrogen) atoms. The molecule has 3 amide bonds. The van der Waals surface area contributed by atoms with Crippen LogP contribution in [0.3, 0.4) is 0 Å². The molecule has 3 rings (SSSR count). The molecule has 7 nitrogen and oxygen atoms in total. The lowest BCUT2D eigenvalue weighted by atomic mass is 9.86. The number of amides is 3. The van der Waals surface area contributed by atoms with Gasteiger partial charge in [0, 0.05) is 32.0 Å². The van der Waals surface area contributed by atoms with Gasteiger partial charge in [0.2, 0.25) is 0 Å². The second kappa shape index (κ2) is 9.58. The molecule has 0 radical (unpaired) electrons. The number of hydrogen-bond donors (Lipinski definition) is 1. The van der Waals surface area contributed by atoms with E-state index in [1.165, 1.54) is 4.90 Å². The number of piperidine rings is 1. The molecule has 1 spiro atoms. The summed E-state index contributed by atoms with van der Waals surface area (Å²) in [6.07, 6.45) is 7.56. The summed E-state index contributed by atoms with van der Waals surface area (Å²) in [5.41, 5.74) is -0.623. The number of nitrogens with one attached hydrogen (secondary N) is 1. The number of imide groups is 1. The number of urea groups is 1. The third-order valence-corrected chi connectivity index (χ3v) is 4.96. The first kappa shape index (κ1) is 22.7. The summed E-state index contributed by atoms with van der Waals surface area (Å²) in [6.45, 7) is 7.63. The zero-order valence-electron chi connectivity index (χ0n) is 15.4. The van der Waals surface area contributed by atoms with Crippen molar-refractivity contribution >= 4 is 36.8 Å². The van der Waals surface area contributed by atoms with E-state index in [9.17, 15) is 9.59 Å². The van der Waals surface area contributed by atoms with Crippen molar-refractivity contribution in [2.45, 2.75) is 45.2 Å². The van der Waals surface area contributed by atoms with Crippen LogP contribution in [0.5, 0.6) is 0 Å². The molecule has 3 heterocycles. The predicted molar refractivity (Wildman–Crippen MR) is 105 cm³/mol. The Kier molecular flexibility index (Phi) is 8.37. The van der Waals surface area contributed by atoms with E-state index in [1.54, 1.807) is 12.5 Å². The molecule has 1 aromatic rings. The van der Waals surface area contributed by atoms with Gasteiger partial charge >= 0.3 is 6.03 Å². The first-order valence-electron chi connectivity index (χ1n) is 8.84. The number of rotatable bonds is 6. The fraction of sp³-hybridized carbons (Fsp3) is 0.706. The second-order valence-electron chi connectivity index (χ2n) is 7.18. The maximum Gasteiger partial charge on any atom is 0.327 e. The quantitative estimate of drug-likeness (QED) is 0.736. The van der Waals surface area contributed by atoms with E-state index in [2.05, 4.69) is 24.1 Å².